The molecule has 3 rings (SSSR count). The smallest absolute Gasteiger partial charge is 0.286 e. The first-order valence-electron chi connectivity index (χ1n) is 6.93. The molecule has 2 atom stereocenters. The Balaban J connectivity index is 1.88. The first-order valence-corrected chi connectivity index (χ1v) is 8.37. The van der Waals surface area contributed by atoms with Gasteiger partial charge in [-0.15, -0.1) is 4.40 Å². The van der Waals surface area contributed by atoms with Crippen LogP contribution in [-0.2, 0) is 14.8 Å². The third-order valence-corrected chi connectivity index (χ3v) is 5.32. The van der Waals surface area contributed by atoms with Crippen molar-refractivity contribution in [2.75, 3.05) is 6.54 Å². The Bertz CT molecular complexity index is 640. The van der Waals surface area contributed by atoms with Crippen LogP contribution in [0.5, 0.6) is 0 Å². The molecule has 1 aromatic carbocycles. The molecule has 0 spiro atoms. The molecular formula is C14H18N2O3S. The van der Waals surface area contributed by atoms with Gasteiger partial charge in [0.1, 0.15) is 11.0 Å². The van der Waals surface area contributed by atoms with E-state index in [0.717, 1.165) is 25.7 Å². The quantitative estimate of drug-likeness (QED) is 0.899. The van der Waals surface area contributed by atoms with Crippen LogP contribution >= 0.6 is 0 Å². The van der Waals surface area contributed by atoms with Gasteiger partial charge in [0.2, 0.25) is 5.90 Å². The highest BCUT2D eigenvalue weighted by Gasteiger charge is 2.33. The van der Waals surface area contributed by atoms with Gasteiger partial charge in [0.05, 0.1) is 5.56 Å². The minimum Gasteiger partial charge on any atom is -0.473 e. The normalized spacial score (nSPS) is 27.8. The van der Waals surface area contributed by atoms with E-state index in [9.17, 15) is 8.42 Å². The van der Waals surface area contributed by atoms with Gasteiger partial charge in [-0.3, -0.25) is 0 Å². The topological polar surface area (TPSA) is 81.8 Å². The van der Waals surface area contributed by atoms with Crippen molar-refractivity contribution in [3.05, 3.63) is 29.8 Å². The standard InChI is InChI=1S/C14H18N2O3S/c15-9-10-5-1-3-7-12(10)19-14-11-6-2-4-8-13(11)20(17,18)16-14/h2,4,6,8,10,12H,1,3,5,7,9,15H2. The maximum absolute atomic E-state index is 12.0. The van der Waals surface area contributed by atoms with Crippen LogP contribution in [0.3, 0.4) is 0 Å². The Kier molecular flexibility index (Phi) is 3.52. The van der Waals surface area contributed by atoms with Crippen LogP contribution in [0.25, 0.3) is 0 Å². The van der Waals surface area contributed by atoms with E-state index in [2.05, 4.69) is 4.40 Å². The zero-order valence-corrected chi connectivity index (χ0v) is 12.0. The minimum atomic E-state index is -3.60. The average Bonchev–Trinajstić information content (AvgIpc) is 2.71. The van der Waals surface area contributed by atoms with Crippen molar-refractivity contribution >= 4 is 15.9 Å². The maximum Gasteiger partial charge on any atom is 0.286 e. The summed E-state index contributed by atoms with van der Waals surface area (Å²) in [6, 6.07) is 6.78. The van der Waals surface area contributed by atoms with Crippen LogP contribution in [0, 0.1) is 5.92 Å². The molecule has 0 aromatic heterocycles. The molecule has 5 nitrogen and oxygen atoms in total. The molecule has 0 bridgehead atoms. The largest absolute Gasteiger partial charge is 0.473 e. The van der Waals surface area contributed by atoms with Crippen molar-refractivity contribution in [2.45, 2.75) is 36.7 Å². The summed E-state index contributed by atoms with van der Waals surface area (Å²) in [5.41, 5.74) is 6.34. The van der Waals surface area contributed by atoms with E-state index < -0.39 is 10.0 Å². The lowest BCUT2D eigenvalue weighted by molar-refractivity contribution is 0.0873. The fraction of sp³-hybridized carbons (Fsp3) is 0.500. The number of sulfonamides is 1. The number of ether oxygens (including phenoxy) is 1. The molecule has 0 saturated heterocycles. The Hall–Kier alpha value is -1.40. The van der Waals surface area contributed by atoms with E-state index in [0.29, 0.717) is 12.1 Å². The second kappa shape index (κ2) is 5.18. The van der Waals surface area contributed by atoms with E-state index in [4.69, 9.17) is 10.5 Å². The van der Waals surface area contributed by atoms with Crippen LogP contribution in [0.2, 0.25) is 0 Å². The third kappa shape index (κ3) is 2.33. The molecule has 0 amide bonds. The Morgan fingerprint density at radius 3 is 2.80 bits per heavy atom. The second-order valence-corrected chi connectivity index (χ2v) is 6.88. The summed E-state index contributed by atoms with van der Waals surface area (Å²) in [6.45, 7) is 0.562. The molecule has 2 N–H and O–H groups in total. The number of nitrogens with two attached hydrogens (primary N) is 1. The number of benzene rings is 1. The van der Waals surface area contributed by atoms with Crippen molar-refractivity contribution < 1.29 is 13.2 Å². The minimum absolute atomic E-state index is 0.0335. The highest BCUT2D eigenvalue weighted by Crippen LogP contribution is 2.31. The summed E-state index contributed by atoms with van der Waals surface area (Å²) in [5.74, 6) is 0.507. The predicted octanol–water partition coefficient (Wildman–Crippen LogP) is 1.67. The molecule has 1 saturated carbocycles. The molecule has 1 aliphatic heterocycles. The Labute approximate surface area is 118 Å². The van der Waals surface area contributed by atoms with Gasteiger partial charge < -0.3 is 10.5 Å². The predicted molar refractivity (Wildman–Crippen MR) is 76.1 cm³/mol. The monoisotopic (exact) mass is 294 g/mol. The summed E-state index contributed by atoms with van der Waals surface area (Å²) in [4.78, 5) is 0.232. The second-order valence-electron chi connectivity index (χ2n) is 5.30. The highest BCUT2D eigenvalue weighted by atomic mass is 32.2. The van der Waals surface area contributed by atoms with Crippen molar-refractivity contribution in [1.29, 1.82) is 0 Å². The van der Waals surface area contributed by atoms with Gasteiger partial charge in [-0.2, -0.15) is 8.42 Å². The highest BCUT2D eigenvalue weighted by molar-refractivity contribution is 7.90. The fourth-order valence-corrected chi connectivity index (χ4v) is 4.04. The number of nitrogens with zero attached hydrogens (tertiary/aromatic N) is 1. The first-order chi connectivity index (χ1) is 9.62. The molecule has 6 heteroatoms. The van der Waals surface area contributed by atoms with Crippen LogP contribution in [0.15, 0.2) is 33.6 Å². The number of rotatable bonds is 2. The first kappa shape index (κ1) is 13.6. The number of hydrogen-bond donors (Lipinski definition) is 1. The average molecular weight is 294 g/mol. The van der Waals surface area contributed by atoms with Gasteiger partial charge in [-0.05, 0) is 37.9 Å². The zero-order chi connectivity index (χ0) is 14.2. The molecule has 2 aliphatic rings. The molecule has 1 aromatic rings. The van der Waals surface area contributed by atoms with Gasteiger partial charge in [-0.25, -0.2) is 0 Å². The molecule has 1 heterocycles. The van der Waals surface area contributed by atoms with E-state index >= 15 is 0 Å². The van der Waals surface area contributed by atoms with Gasteiger partial charge in [0, 0.05) is 5.92 Å². The SMILES string of the molecule is NCC1CCCCC1OC1=NS(=O)(=O)c2ccccc21. The van der Waals surface area contributed by atoms with Crippen molar-refractivity contribution in [1.82, 2.24) is 0 Å². The van der Waals surface area contributed by atoms with E-state index in [1.54, 1.807) is 24.3 Å². The number of fused-ring (bicyclic) bond motifs is 1. The molecule has 1 fully saturated rings. The van der Waals surface area contributed by atoms with Crippen molar-refractivity contribution in [3.8, 4) is 0 Å². The molecule has 2 unspecified atom stereocenters. The van der Waals surface area contributed by atoms with E-state index in [1.165, 1.54) is 0 Å². The molecule has 0 radical (unpaired) electrons. The summed E-state index contributed by atoms with van der Waals surface area (Å²) in [6.07, 6.45) is 4.14. The van der Waals surface area contributed by atoms with Crippen LogP contribution in [0.4, 0.5) is 0 Å². The van der Waals surface area contributed by atoms with E-state index in [1.807, 2.05) is 0 Å². The van der Waals surface area contributed by atoms with E-state index in [-0.39, 0.29) is 22.8 Å². The van der Waals surface area contributed by atoms with Gasteiger partial charge in [0.15, 0.2) is 0 Å². The molecular weight excluding hydrogens is 276 g/mol. The summed E-state index contributed by atoms with van der Waals surface area (Å²) in [7, 11) is -3.60. The summed E-state index contributed by atoms with van der Waals surface area (Å²) >= 11 is 0. The Morgan fingerprint density at radius 2 is 2.00 bits per heavy atom. The number of hydrogen-bond acceptors (Lipinski definition) is 4. The van der Waals surface area contributed by atoms with Crippen molar-refractivity contribution in [2.24, 2.45) is 16.0 Å². The lowest BCUT2D eigenvalue weighted by Crippen LogP contribution is -2.34. The zero-order valence-electron chi connectivity index (χ0n) is 11.2. The van der Waals surface area contributed by atoms with Crippen LogP contribution in [-0.4, -0.2) is 27.0 Å². The summed E-state index contributed by atoms with van der Waals surface area (Å²) < 4.78 is 33.6. The maximum atomic E-state index is 12.0. The van der Waals surface area contributed by atoms with Crippen LogP contribution in [0.1, 0.15) is 31.2 Å². The third-order valence-electron chi connectivity index (χ3n) is 4.00. The molecule has 108 valence electrons. The van der Waals surface area contributed by atoms with Crippen LogP contribution < -0.4 is 5.73 Å². The van der Waals surface area contributed by atoms with Gasteiger partial charge in [-0.1, -0.05) is 18.6 Å². The molecule has 20 heavy (non-hydrogen) atoms. The van der Waals surface area contributed by atoms with Gasteiger partial charge in [0.25, 0.3) is 10.0 Å². The van der Waals surface area contributed by atoms with Gasteiger partial charge >= 0.3 is 0 Å². The Morgan fingerprint density at radius 1 is 1.25 bits per heavy atom. The lowest BCUT2D eigenvalue weighted by atomic mass is 9.86. The van der Waals surface area contributed by atoms with Crippen molar-refractivity contribution in [3.63, 3.8) is 0 Å². The summed E-state index contributed by atoms with van der Waals surface area (Å²) in [5, 5.41) is 0. The lowest BCUT2D eigenvalue weighted by Gasteiger charge is -2.30. The fourth-order valence-electron chi connectivity index (χ4n) is 2.90. The molecule has 1 aliphatic carbocycles.